The lowest BCUT2D eigenvalue weighted by Gasteiger charge is -2.44. The first-order chi connectivity index (χ1) is 15.8. The van der Waals surface area contributed by atoms with E-state index in [-0.39, 0.29) is 11.7 Å². The molecule has 3 rings (SSSR count). The molecule has 0 radical (unpaired) electrons. The Kier molecular flexibility index (Phi) is 8.74. The smallest absolute Gasteiger partial charge is 0.338 e. The van der Waals surface area contributed by atoms with Crippen molar-refractivity contribution in [2.45, 2.75) is 78.0 Å². The molecule has 0 amide bonds. The quantitative estimate of drug-likeness (QED) is 0.376. The number of aliphatic hydroxyl groups excluding tert-OH is 1. The van der Waals surface area contributed by atoms with Gasteiger partial charge in [-0.3, -0.25) is 5.32 Å². The van der Waals surface area contributed by atoms with E-state index in [0.717, 1.165) is 30.4 Å². The molecule has 2 aromatic rings. The number of hydrogen-bond donors (Lipinski definition) is 2. The van der Waals surface area contributed by atoms with Gasteiger partial charge in [0.1, 0.15) is 11.8 Å². The number of nitrogens with one attached hydrogen (secondary N) is 1. The monoisotopic (exact) mass is 449 g/mol. The molecule has 2 atom stereocenters. The summed E-state index contributed by atoms with van der Waals surface area (Å²) in [7, 11) is 0. The first kappa shape index (κ1) is 25.0. The summed E-state index contributed by atoms with van der Waals surface area (Å²) in [4.78, 5) is 13.3. The van der Waals surface area contributed by atoms with Crippen molar-refractivity contribution in [3.05, 3.63) is 83.1 Å². The fraction of sp³-hybridized carbons (Fsp3) is 0.483. The molecular weight excluding hydrogens is 410 g/mol. The number of hydrogen-bond acceptors (Lipinski definition) is 4. The second-order valence-electron chi connectivity index (χ2n) is 10.0. The summed E-state index contributed by atoms with van der Waals surface area (Å²) in [6, 6.07) is 19.5. The van der Waals surface area contributed by atoms with Crippen LogP contribution in [0.5, 0.6) is 0 Å². The van der Waals surface area contributed by atoms with Crippen molar-refractivity contribution < 1.29 is 14.6 Å². The number of ether oxygens (including phenoxy) is 1. The summed E-state index contributed by atoms with van der Waals surface area (Å²) in [5.74, 6) is 0.742. The van der Waals surface area contributed by atoms with E-state index in [0.29, 0.717) is 36.8 Å². The van der Waals surface area contributed by atoms with Crippen LogP contribution in [0, 0.1) is 11.8 Å². The third kappa shape index (κ3) is 6.26. The van der Waals surface area contributed by atoms with Gasteiger partial charge >= 0.3 is 5.97 Å². The average molecular weight is 450 g/mol. The van der Waals surface area contributed by atoms with Gasteiger partial charge in [0, 0.05) is 6.54 Å². The van der Waals surface area contributed by atoms with Crippen LogP contribution in [0.15, 0.2) is 72.0 Å². The maximum Gasteiger partial charge on any atom is 0.338 e. The van der Waals surface area contributed by atoms with Crippen molar-refractivity contribution in [2.24, 2.45) is 11.8 Å². The molecular formula is C29H39NO3. The van der Waals surface area contributed by atoms with E-state index < -0.39 is 11.6 Å². The molecule has 0 fully saturated rings. The number of benzene rings is 2. The van der Waals surface area contributed by atoms with Crippen LogP contribution in [-0.2, 0) is 21.7 Å². The Labute approximate surface area is 199 Å². The molecule has 2 N–H and O–H groups in total. The first-order valence-electron chi connectivity index (χ1n) is 12.3. The molecule has 33 heavy (non-hydrogen) atoms. The van der Waals surface area contributed by atoms with Crippen molar-refractivity contribution in [2.75, 3.05) is 0 Å². The lowest BCUT2D eigenvalue weighted by Crippen LogP contribution is -2.55. The number of aliphatic hydroxyl groups is 1. The SMILES string of the molecule is CC(C)CCCC1=C(O)C(NCc2ccccc2)C(CCC(C)C)(c2ccccc2)OC1=O. The van der Waals surface area contributed by atoms with E-state index in [1.807, 2.05) is 48.5 Å². The minimum absolute atomic E-state index is 0.138. The summed E-state index contributed by atoms with van der Waals surface area (Å²) in [6.45, 7) is 9.25. The summed E-state index contributed by atoms with van der Waals surface area (Å²) < 4.78 is 6.33. The van der Waals surface area contributed by atoms with Crippen LogP contribution in [0.3, 0.4) is 0 Å². The Bertz CT molecular complexity index is 920. The largest absolute Gasteiger partial charge is 0.510 e. The molecule has 178 valence electrons. The highest BCUT2D eigenvalue weighted by atomic mass is 16.6. The Morgan fingerprint density at radius 1 is 0.939 bits per heavy atom. The Morgan fingerprint density at radius 3 is 2.15 bits per heavy atom. The van der Waals surface area contributed by atoms with Gasteiger partial charge in [0.25, 0.3) is 0 Å². The maximum absolute atomic E-state index is 13.3. The number of carbonyl (C=O) groups excluding carboxylic acids is 1. The molecule has 1 aliphatic heterocycles. The molecule has 2 unspecified atom stereocenters. The van der Waals surface area contributed by atoms with E-state index >= 15 is 0 Å². The van der Waals surface area contributed by atoms with Crippen molar-refractivity contribution in [3.8, 4) is 0 Å². The molecule has 1 heterocycles. The van der Waals surface area contributed by atoms with Crippen LogP contribution >= 0.6 is 0 Å². The summed E-state index contributed by atoms with van der Waals surface area (Å²) in [6.07, 6.45) is 3.89. The predicted octanol–water partition coefficient (Wildman–Crippen LogP) is 6.67. The van der Waals surface area contributed by atoms with Crippen molar-refractivity contribution in [1.29, 1.82) is 0 Å². The van der Waals surface area contributed by atoms with E-state index in [1.165, 1.54) is 0 Å². The summed E-state index contributed by atoms with van der Waals surface area (Å²) in [5.41, 5.74) is 1.49. The van der Waals surface area contributed by atoms with Crippen LogP contribution in [0.4, 0.5) is 0 Å². The van der Waals surface area contributed by atoms with Crippen LogP contribution in [0.25, 0.3) is 0 Å². The molecule has 4 nitrogen and oxygen atoms in total. The van der Waals surface area contributed by atoms with Crippen LogP contribution in [0.2, 0.25) is 0 Å². The molecule has 4 heteroatoms. The average Bonchev–Trinajstić information content (AvgIpc) is 2.80. The summed E-state index contributed by atoms with van der Waals surface area (Å²) >= 11 is 0. The van der Waals surface area contributed by atoms with Gasteiger partial charge in [-0.15, -0.1) is 0 Å². The minimum Gasteiger partial charge on any atom is -0.510 e. The second-order valence-corrected chi connectivity index (χ2v) is 10.0. The Balaban J connectivity index is 2.02. The molecule has 0 aromatic heterocycles. The Hall–Kier alpha value is -2.59. The lowest BCUT2D eigenvalue weighted by atomic mass is 9.77. The standard InChI is InChI=1S/C29H39NO3/c1-21(2)12-11-17-25-26(31)27(30-20-23-13-7-5-8-14-23)29(33-28(25)32,19-18-22(3)4)24-15-9-6-10-16-24/h5-10,13-16,21-22,27,30-31H,11-12,17-20H2,1-4H3. The predicted molar refractivity (Wildman–Crippen MR) is 134 cm³/mol. The lowest BCUT2D eigenvalue weighted by molar-refractivity contribution is -0.166. The van der Waals surface area contributed by atoms with E-state index in [9.17, 15) is 9.90 Å². The fourth-order valence-electron chi connectivity index (χ4n) is 4.57. The van der Waals surface area contributed by atoms with Gasteiger partial charge in [0.05, 0.1) is 5.57 Å². The molecule has 1 aliphatic rings. The summed E-state index contributed by atoms with van der Waals surface area (Å²) in [5, 5.41) is 15.1. The van der Waals surface area contributed by atoms with Crippen LogP contribution in [0.1, 0.15) is 70.9 Å². The van der Waals surface area contributed by atoms with Gasteiger partial charge in [-0.1, -0.05) is 94.8 Å². The first-order valence-corrected chi connectivity index (χ1v) is 12.3. The number of carbonyl (C=O) groups is 1. The maximum atomic E-state index is 13.3. The van der Waals surface area contributed by atoms with E-state index in [4.69, 9.17) is 4.74 Å². The van der Waals surface area contributed by atoms with Gasteiger partial charge in [0.15, 0.2) is 5.60 Å². The van der Waals surface area contributed by atoms with Crippen molar-refractivity contribution in [1.82, 2.24) is 5.32 Å². The van der Waals surface area contributed by atoms with Crippen molar-refractivity contribution >= 4 is 5.97 Å². The highest BCUT2D eigenvalue weighted by molar-refractivity contribution is 5.91. The molecule has 0 aliphatic carbocycles. The zero-order chi connectivity index (χ0) is 23.8. The van der Waals surface area contributed by atoms with Gasteiger partial charge in [-0.25, -0.2) is 4.79 Å². The van der Waals surface area contributed by atoms with Gasteiger partial charge < -0.3 is 9.84 Å². The Morgan fingerprint density at radius 2 is 1.55 bits per heavy atom. The molecule has 0 saturated carbocycles. The second kappa shape index (κ2) is 11.5. The highest BCUT2D eigenvalue weighted by Crippen LogP contribution is 2.43. The normalized spacial score (nSPS) is 21.0. The van der Waals surface area contributed by atoms with Gasteiger partial charge in [0.2, 0.25) is 0 Å². The minimum atomic E-state index is -0.955. The van der Waals surface area contributed by atoms with Gasteiger partial charge in [-0.2, -0.15) is 0 Å². The molecule has 0 spiro atoms. The van der Waals surface area contributed by atoms with E-state index in [2.05, 4.69) is 45.1 Å². The van der Waals surface area contributed by atoms with E-state index in [1.54, 1.807) is 0 Å². The highest BCUT2D eigenvalue weighted by Gasteiger charge is 2.50. The van der Waals surface area contributed by atoms with Crippen LogP contribution < -0.4 is 5.32 Å². The molecule has 0 saturated heterocycles. The molecule has 2 aromatic carbocycles. The zero-order valence-electron chi connectivity index (χ0n) is 20.5. The van der Waals surface area contributed by atoms with Crippen LogP contribution in [-0.4, -0.2) is 17.1 Å². The van der Waals surface area contributed by atoms with Gasteiger partial charge in [-0.05, 0) is 48.6 Å². The third-order valence-electron chi connectivity index (χ3n) is 6.49. The number of rotatable bonds is 11. The third-order valence-corrected chi connectivity index (χ3v) is 6.49. The number of cyclic esters (lactones) is 1. The molecule has 0 bridgehead atoms. The fourth-order valence-corrected chi connectivity index (χ4v) is 4.57. The zero-order valence-corrected chi connectivity index (χ0v) is 20.5. The topological polar surface area (TPSA) is 58.6 Å². The van der Waals surface area contributed by atoms with Crippen molar-refractivity contribution in [3.63, 3.8) is 0 Å². The number of esters is 1.